The van der Waals surface area contributed by atoms with Crippen LogP contribution >= 0.6 is 0 Å². The van der Waals surface area contributed by atoms with Crippen molar-refractivity contribution in [2.45, 2.75) is 34.6 Å². The van der Waals surface area contributed by atoms with Crippen LogP contribution in [0, 0.1) is 45.9 Å². The third-order valence-electron chi connectivity index (χ3n) is 4.26. The summed E-state index contributed by atoms with van der Waals surface area (Å²) in [5.41, 5.74) is 9.55. The summed E-state index contributed by atoms with van der Waals surface area (Å²) >= 11 is 0. The molecule has 0 bridgehead atoms. The molecule has 0 heterocycles. The predicted molar refractivity (Wildman–Crippen MR) is 80.3 cm³/mol. The molecule has 0 fully saturated rings. The minimum atomic E-state index is 0.766. The van der Waals surface area contributed by atoms with E-state index >= 15 is 0 Å². The third kappa shape index (κ3) is 2.15. The van der Waals surface area contributed by atoms with Crippen molar-refractivity contribution < 1.29 is 0 Å². The molecule has 0 aromatic heterocycles. The second kappa shape index (κ2) is 4.90. The van der Waals surface area contributed by atoms with Crippen LogP contribution in [0.5, 0.6) is 0 Å². The van der Waals surface area contributed by atoms with Crippen LogP contribution in [0.25, 0.3) is 11.1 Å². The molecule has 0 saturated heterocycles. The zero-order valence-electron chi connectivity index (χ0n) is 12.3. The first-order valence-corrected chi connectivity index (χ1v) is 6.54. The first-order chi connectivity index (χ1) is 8.97. The lowest BCUT2D eigenvalue weighted by Crippen LogP contribution is -1.95. The minimum Gasteiger partial charge on any atom is -0.192 e. The van der Waals surface area contributed by atoms with E-state index in [4.69, 9.17) is 5.26 Å². The predicted octanol–water partition coefficient (Wildman–Crippen LogP) is 4.77. The Morgan fingerprint density at radius 2 is 1.21 bits per heavy atom. The van der Waals surface area contributed by atoms with Gasteiger partial charge in [0.05, 0.1) is 11.6 Å². The molecular weight excluding hydrogens is 230 g/mol. The molecule has 0 spiro atoms. The number of nitriles is 1. The van der Waals surface area contributed by atoms with Crippen LogP contribution in [0.2, 0.25) is 0 Å². The molecule has 0 aliphatic carbocycles. The smallest absolute Gasteiger partial charge is 0.0994 e. The van der Waals surface area contributed by atoms with Crippen molar-refractivity contribution in [1.29, 1.82) is 5.26 Å². The van der Waals surface area contributed by atoms with Gasteiger partial charge < -0.3 is 0 Å². The Bertz CT molecular complexity index is 688. The molecule has 0 radical (unpaired) electrons. The Hall–Kier alpha value is -2.07. The van der Waals surface area contributed by atoms with Crippen LogP contribution < -0.4 is 0 Å². The summed E-state index contributed by atoms with van der Waals surface area (Å²) in [6.07, 6.45) is 0. The van der Waals surface area contributed by atoms with Crippen molar-refractivity contribution in [2.75, 3.05) is 0 Å². The minimum absolute atomic E-state index is 0.766. The molecular formula is C18H19N. The lowest BCUT2D eigenvalue weighted by molar-refractivity contribution is 1.25. The molecule has 2 rings (SSSR count). The molecule has 0 unspecified atom stereocenters. The van der Waals surface area contributed by atoms with E-state index in [9.17, 15) is 0 Å². The number of aryl methyl sites for hydroxylation is 1. The van der Waals surface area contributed by atoms with Crippen LogP contribution in [-0.4, -0.2) is 0 Å². The van der Waals surface area contributed by atoms with Gasteiger partial charge in [0.2, 0.25) is 0 Å². The van der Waals surface area contributed by atoms with Gasteiger partial charge in [-0.05, 0) is 79.6 Å². The SMILES string of the molecule is Cc1ccc(-c2ccc(C#N)c(C)c2C)c(C)c1C. The first kappa shape index (κ1) is 13.4. The average molecular weight is 249 g/mol. The van der Waals surface area contributed by atoms with Crippen LogP contribution in [0.1, 0.15) is 33.4 Å². The maximum atomic E-state index is 9.09. The summed E-state index contributed by atoms with van der Waals surface area (Å²) in [4.78, 5) is 0. The molecule has 2 aromatic carbocycles. The van der Waals surface area contributed by atoms with Gasteiger partial charge >= 0.3 is 0 Å². The summed E-state index contributed by atoms with van der Waals surface area (Å²) in [5, 5.41) is 9.09. The van der Waals surface area contributed by atoms with E-state index in [1.807, 2.05) is 13.0 Å². The Balaban J connectivity index is 2.71. The van der Waals surface area contributed by atoms with Gasteiger partial charge in [0.1, 0.15) is 0 Å². The highest BCUT2D eigenvalue weighted by Crippen LogP contribution is 2.32. The largest absolute Gasteiger partial charge is 0.192 e. The lowest BCUT2D eigenvalue weighted by Gasteiger charge is -2.15. The van der Waals surface area contributed by atoms with E-state index in [1.165, 1.54) is 33.4 Å². The van der Waals surface area contributed by atoms with Gasteiger partial charge in [0.15, 0.2) is 0 Å². The fourth-order valence-electron chi connectivity index (χ4n) is 2.48. The van der Waals surface area contributed by atoms with E-state index in [0.717, 1.165) is 11.1 Å². The second-order valence-corrected chi connectivity index (χ2v) is 5.20. The number of nitrogens with zero attached hydrogens (tertiary/aromatic N) is 1. The van der Waals surface area contributed by atoms with Crippen LogP contribution in [0.4, 0.5) is 0 Å². The van der Waals surface area contributed by atoms with Crippen LogP contribution in [0.3, 0.4) is 0 Å². The zero-order chi connectivity index (χ0) is 14.2. The first-order valence-electron chi connectivity index (χ1n) is 6.54. The zero-order valence-corrected chi connectivity index (χ0v) is 12.3. The van der Waals surface area contributed by atoms with E-state index < -0.39 is 0 Å². The molecule has 1 heteroatoms. The Morgan fingerprint density at radius 1 is 0.684 bits per heavy atom. The lowest BCUT2D eigenvalue weighted by atomic mass is 9.89. The summed E-state index contributed by atoms with van der Waals surface area (Å²) in [7, 11) is 0. The van der Waals surface area contributed by atoms with Gasteiger partial charge in [-0.15, -0.1) is 0 Å². The number of benzene rings is 2. The quantitative estimate of drug-likeness (QED) is 0.714. The molecule has 0 atom stereocenters. The number of hydrogen-bond acceptors (Lipinski definition) is 1. The standard InChI is InChI=1S/C18H19N/c1-11-6-8-17(14(4)12(11)2)18-9-7-16(10-19)13(3)15(18)5/h6-9H,1-5H3. The summed E-state index contributed by atoms with van der Waals surface area (Å²) < 4.78 is 0. The maximum absolute atomic E-state index is 9.09. The summed E-state index contributed by atoms with van der Waals surface area (Å²) in [6, 6.07) is 10.6. The van der Waals surface area contributed by atoms with Gasteiger partial charge in [-0.3, -0.25) is 0 Å². The van der Waals surface area contributed by atoms with Crippen LogP contribution in [0.15, 0.2) is 24.3 Å². The highest BCUT2D eigenvalue weighted by molar-refractivity contribution is 5.74. The third-order valence-corrected chi connectivity index (χ3v) is 4.26. The van der Waals surface area contributed by atoms with Crippen LogP contribution in [-0.2, 0) is 0 Å². The van der Waals surface area contributed by atoms with Crippen molar-refractivity contribution in [1.82, 2.24) is 0 Å². The van der Waals surface area contributed by atoms with Gasteiger partial charge in [-0.2, -0.15) is 5.26 Å². The molecule has 0 aliphatic heterocycles. The van der Waals surface area contributed by atoms with Crippen molar-refractivity contribution in [3.05, 3.63) is 57.6 Å². The summed E-state index contributed by atoms with van der Waals surface area (Å²) in [5.74, 6) is 0. The van der Waals surface area contributed by atoms with Gasteiger partial charge in [-0.1, -0.05) is 18.2 Å². The normalized spacial score (nSPS) is 10.3. The summed E-state index contributed by atoms with van der Waals surface area (Å²) in [6.45, 7) is 10.6. The van der Waals surface area contributed by atoms with Gasteiger partial charge in [-0.25, -0.2) is 0 Å². The molecule has 0 amide bonds. The van der Waals surface area contributed by atoms with E-state index in [-0.39, 0.29) is 0 Å². The highest BCUT2D eigenvalue weighted by atomic mass is 14.2. The number of hydrogen-bond donors (Lipinski definition) is 0. The fourth-order valence-corrected chi connectivity index (χ4v) is 2.48. The molecule has 0 saturated carbocycles. The molecule has 0 N–H and O–H groups in total. The second-order valence-electron chi connectivity index (χ2n) is 5.20. The van der Waals surface area contributed by atoms with Gasteiger partial charge in [0, 0.05) is 0 Å². The fraction of sp³-hybridized carbons (Fsp3) is 0.278. The molecule has 19 heavy (non-hydrogen) atoms. The Kier molecular flexibility index (Phi) is 3.44. The monoisotopic (exact) mass is 249 g/mol. The molecule has 1 nitrogen and oxygen atoms in total. The van der Waals surface area contributed by atoms with Crippen molar-refractivity contribution in [2.24, 2.45) is 0 Å². The topological polar surface area (TPSA) is 23.8 Å². The maximum Gasteiger partial charge on any atom is 0.0994 e. The highest BCUT2D eigenvalue weighted by Gasteiger charge is 2.11. The van der Waals surface area contributed by atoms with E-state index in [0.29, 0.717) is 0 Å². The molecule has 2 aromatic rings. The Morgan fingerprint density at radius 3 is 1.79 bits per heavy atom. The average Bonchev–Trinajstić information content (AvgIpc) is 2.40. The van der Waals surface area contributed by atoms with Crippen molar-refractivity contribution in [3.63, 3.8) is 0 Å². The van der Waals surface area contributed by atoms with E-state index in [2.05, 4.69) is 52.0 Å². The van der Waals surface area contributed by atoms with Crippen molar-refractivity contribution >= 4 is 0 Å². The van der Waals surface area contributed by atoms with E-state index in [1.54, 1.807) is 0 Å². The number of rotatable bonds is 1. The van der Waals surface area contributed by atoms with Gasteiger partial charge in [0.25, 0.3) is 0 Å². The molecule has 0 aliphatic rings. The molecule has 96 valence electrons. The Labute approximate surface area is 115 Å². The van der Waals surface area contributed by atoms with Crippen molar-refractivity contribution in [3.8, 4) is 17.2 Å².